The number of fused-ring (bicyclic) bond motifs is 5. The van der Waals surface area contributed by atoms with E-state index in [1.54, 1.807) is 18.2 Å². The van der Waals surface area contributed by atoms with E-state index in [9.17, 15) is 14.7 Å². The number of aromatic hydroxyl groups is 1. The Hall–Kier alpha value is -1.70. The lowest BCUT2D eigenvalue weighted by molar-refractivity contribution is -0.140. The molecule has 0 spiro atoms. The molecule has 1 aromatic carbocycles. The van der Waals surface area contributed by atoms with Crippen LogP contribution in [0.25, 0.3) is 0 Å². The standard InChI is InChI=1S/C16H13IN2O3/c17-11-5-8(1-4-12(11)20)7-18-19-15(21)13-9-2-3-10(6-9)14(13)16(19)22/h1-5,7,9-10,13-14,20H,6H2/b18-7+. The Morgan fingerprint density at radius 3 is 2.41 bits per heavy atom. The van der Waals surface area contributed by atoms with Gasteiger partial charge in [0.2, 0.25) is 0 Å². The predicted molar refractivity (Wildman–Crippen MR) is 88.0 cm³/mol. The van der Waals surface area contributed by atoms with Crippen LogP contribution in [0.1, 0.15) is 12.0 Å². The quantitative estimate of drug-likeness (QED) is 0.353. The lowest BCUT2D eigenvalue weighted by Gasteiger charge is -2.13. The zero-order chi connectivity index (χ0) is 15.4. The van der Waals surface area contributed by atoms with Crippen molar-refractivity contribution in [3.63, 3.8) is 0 Å². The van der Waals surface area contributed by atoms with Crippen molar-refractivity contribution < 1.29 is 14.7 Å². The fourth-order valence-electron chi connectivity index (χ4n) is 3.73. The largest absolute Gasteiger partial charge is 0.507 e. The molecule has 1 saturated heterocycles. The average molecular weight is 408 g/mol. The van der Waals surface area contributed by atoms with Gasteiger partial charge in [0.15, 0.2) is 0 Å². The maximum Gasteiger partial charge on any atom is 0.254 e. The molecule has 6 heteroatoms. The number of benzene rings is 1. The summed E-state index contributed by atoms with van der Waals surface area (Å²) in [4.78, 5) is 24.9. The van der Waals surface area contributed by atoms with Crippen LogP contribution in [0, 0.1) is 27.2 Å². The number of rotatable bonds is 2. The van der Waals surface area contributed by atoms with Gasteiger partial charge in [-0.1, -0.05) is 12.2 Å². The Labute approximate surface area is 140 Å². The Bertz CT molecular complexity index is 713. The van der Waals surface area contributed by atoms with Gasteiger partial charge in [0, 0.05) is 0 Å². The molecule has 112 valence electrons. The summed E-state index contributed by atoms with van der Waals surface area (Å²) in [5.74, 6) is -0.224. The SMILES string of the molecule is O=C1C2C3C=CC(C3)C2C(=O)N1/N=C/c1ccc(O)c(I)c1. The van der Waals surface area contributed by atoms with Crippen molar-refractivity contribution >= 4 is 40.6 Å². The van der Waals surface area contributed by atoms with E-state index in [1.165, 1.54) is 6.21 Å². The van der Waals surface area contributed by atoms with Gasteiger partial charge in [-0.15, -0.1) is 0 Å². The number of nitrogens with zero attached hydrogens (tertiary/aromatic N) is 2. The van der Waals surface area contributed by atoms with Crippen molar-refractivity contribution in [2.45, 2.75) is 6.42 Å². The van der Waals surface area contributed by atoms with Crippen LogP contribution >= 0.6 is 22.6 Å². The first-order chi connectivity index (χ1) is 10.6. The molecule has 3 aliphatic rings. The molecule has 4 atom stereocenters. The lowest BCUT2D eigenvalue weighted by atomic mass is 9.85. The summed E-state index contributed by atoms with van der Waals surface area (Å²) in [7, 11) is 0. The number of phenols is 1. The van der Waals surface area contributed by atoms with Crippen LogP contribution in [0.3, 0.4) is 0 Å². The Morgan fingerprint density at radius 2 is 1.82 bits per heavy atom. The number of carbonyl (C=O) groups excluding carboxylic acids is 2. The van der Waals surface area contributed by atoms with E-state index in [1.807, 2.05) is 22.6 Å². The van der Waals surface area contributed by atoms with Crippen molar-refractivity contribution in [2.75, 3.05) is 0 Å². The molecule has 1 saturated carbocycles. The van der Waals surface area contributed by atoms with E-state index >= 15 is 0 Å². The normalized spacial score (nSPS) is 32.5. The number of hydrogen-bond donors (Lipinski definition) is 1. The van der Waals surface area contributed by atoms with Gasteiger partial charge in [-0.2, -0.15) is 10.1 Å². The second-order valence-corrected chi connectivity index (χ2v) is 7.11. The minimum absolute atomic E-state index is 0.184. The summed E-state index contributed by atoms with van der Waals surface area (Å²) in [5, 5.41) is 14.6. The van der Waals surface area contributed by atoms with Crippen LogP contribution in [0.15, 0.2) is 35.5 Å². The van der Waals surface area contributed by atoms with Crippen LogP contribution < -0.4 is 0 Å². The number of hydrogen-bond acceptors (Lipinski definition) is 4. The van der Waals surface area contributed by atoms with Crippen molar-refractivity contribution in [1.29, 1.82) is 0 Å². The minimum atomic E-state index is -0.223. The van der Waals surface area contributed by atoms with Crippen LogP contribution in [0.5, 0.6) is 5.75 Å². The molecule has 0 radical (unpaired) electrons. The minimum Gasteiger partial charge on any atom is -0.507 e. The Morgan fingerprint density at radius 1 is 1.18 bits per heavy atom. The highest BCUT2D eigenvalue weighted by Gasteiger charge is 2.59. The molecule has 2 fully saturated rings. The smallest absolute Gasteiger partial charge is 0.254 e. The molecule has 4 rings (SSSR count). The average Bonchev–Trinajstić information content (AvgIpc) is 3.16. The van der Waals surface area contributed by atoms with Gasteiger partial charge in [0.1, 0.15) is 5.75 Å². The highest BCUT2D eigenvalue weighted by molar-refractivity contribution is 14.1. The third-order valence-electron chi connectivity index (χ3n) is 4.74. The van der Waals surface area contributed by atoms with Crippen molar-refractivity contribution in [3.8, 4) is 5.75 Å². The van der Waals surface area contributed by atoms with Crippen LogP contribution in [-0.4, -0.2) is 28.1 Å². The number of carbonyl (C=O) groups is 2. The molecule has 0 aromatic heterocycles. The topological polar surface area (TPSA) is 70.0 Å². The summed E-state index contributed by atoms with van der Waals surface area (Å²) >= 11 is 2.01. The molecular formula is C16H13IN2O3. The molecule has 5 nitrogen and oxygen atoms in total. The Balaban J connectivity index is 1.59. The summed E-state index contributed by atoms with van der Waals surface area (Å²) in [6, 6.07) is 5.00. The van der Waals surface area contributed by atoms with Crippen LogP contribution in [-0.2, 0) is 9.59 Å². The zero-order valence-corrected chi connectivity index (χ0v) is 13.7. The molecule has 1 aromatic rings. The van der Waals surface area contributed by atoms with Gasteiger partial charge >= 0.3 is 0 Å². The highest BCUT2D eigenvalue weighted by atomic mass is 127. The van der Waals surface area contributed by atoms with Gasteiger partial charge in [-0.3, -0.25) is 9.59 Å². The molecule has 22 heavy (non-hydrogen) atoms. The molecule has 1 aliphatic heterocycles. The second-order valence-electron chi connectivity index (χ2n) is 5.94. The van der Waals surface area contributed by atoms with E-state index in [0.29, 0.717) is 3.57 Å². The van der Waals surface area contributed by atoms with Crippen molar-refractivity contribution in [1.82, 2.24) is 5.01 Å². The fourth-order valence-corrected chi connectivity index (χ4v) is 4.27. The van der Waals surface area contributed by atoms with Crippen LogP contribution in [0.4, 0.5) is 0 Å². The van der Waals surface area contributed by atoms with E-state index in [2.05, 4.69) is 17.3 Å². The number of hydrazone groups is 1. The zero-order valence-electron chi connectivity index (χ0n) is 11.5. The first-order valence-electron chi connectivity index (χ1n) is 7.15. The highest BCUT2D eigenvalue weighted by Crippen LogP contribution is 2.52. The van der Waals surface area contributed by atoms with E-state index in [-0.39, 0.29) is 41.2 Å². The third-order valence-corrected chi connectivity index (χ3v) is 5.61. The molecule has 1 heterocycles. The maximum atomic E-state index is 12.4. The number of phenolic OH excluding ortho intramolecular Hbond substituents is 1. The summed E-state index contributed by atoms with van der Waals surface area (Å²) in [6.45, 7) is 0. The summed E-state index contributed by atoms with van der Waals surface area (Å²) < 4.78 is 0.694. The van der Waals surface area contributed by atoms with Gasteiger partial charge in [0.05, 0.1) is 21.6 Å². The van der Waals surface area contributed by atoms with Gasteiger partial charge in [-0.05, 0) is 64.6 Å². The van der Waals surface area contributed by atoms with E-state index in [0.717, 1.165) is 17.0 Å². The molecule has 4 unspecified atom stereocenters. The van der Waals surface area contributed by atoms with Crippen molar-refractivity contribution in [2.24, 2.45) is 28.8 Å². The number of allylic oxidation sites excluding steroid dienone is 2. The summed E-state index contributed by atoms with van der Waals surface area (Å²) in [6.07, 6.45) is 6.54. The lowest BCUT2D eigenvalue weighted by Crippen LogP contribution is -2.28. The van der Waals surface area contributed by atoms with Gasteiger partial charge < -0.3 is 5.11 Å². The number of imide groups is 1. The predicted octanol–water partition coefficient (Wildman–Crippen LogP) is 2.14. The first-order valence-corrected chi connectivity index (χ1v) is 8.23. The molecule has 2 aliphatic carbocycles. The maximum absolute atomic E-state index is 12.4. The third kappa shape index (κ3) is 1.93. The molecule has 1 N–H and O–H groups in total. The molecule has 2 amide bonds. The molecular weight excluding hydrogens is 395 g/mol. The van der Waals surface area contributed by atoms with Gasteiger partial charge in [0.25, 0.3) is 11.8 Å². The Kier molecular flexibility index (Phi) is 3.11. The first kappa shape index (κ1) is 13.9. The van der Waals surface area contributed by atoms with Crippen molar-refractivity contribution in [3.05, 3.63) is 39.5 Å². The number of halogens is 1. The van der Waals surface area contributed by atoms with Gasteiger partial charge in [-0.25, -0.2) is 0 Å². The van der Waals surface area contributed by atoms with E-state index < -0.39 is 0 Å². The second kappa shape index (κ2) is 4.91. The fraction of sp³-hybridized carbons (Fsp3) is 0.312. The van der Waals surface area contributed by atoms with E-state index in [4.69, 9.17) is 0 Å². The van der Waals surface area contributed by atoms with Crippen LogP contribution in [0.2, 0.25) is 0 Å². The number of amides is 2. The summed E-state index contributed by atoms with van der Waals surface area (Å²) in [5.41, 5.74) is 0.737. The monoisotopic (exact) mass is 408 g/mol. The molecule has 2 bridgehead atoms.